The molecule has 1 fully saturated rings. The predicted molar refractivity (Wildman–Crippen MR) is 101 cm³/mol. The molecule has 0 atom stereocenters. The average molecular weight is 316 g/mol. The zero-order chi connectivity index (χ0) is 16.2. The molecule has 0 saturated heterocycles. The van der Waals surface area contributed by atoms with Crippen LogP contribution in [-0.4, -0.2) is 11.5 Å². The minimum Gasteiger partial charge on any atom is -0.369 e. The maximum absolute atomic E-state index is 4.60. The molecule has 0 unspecified atom stereocenters. The number of aromatic nitrogens is 1. The lowest BCUT2D eigenvalue weighted by Crippen LogP contribution is -2.36. The fraction of sp³-hybridized carbons (Fsp3) is 0.318. The Morgan fingerprint density at radius 1 is 0.833 bits per heavy atom. The number of rotatable bonds is 4. The zero-order valence-electron chi connectivity index (χ0n) is 14.0. The third-order valence-electron chi connectivity index (χ3n) is 5.46. The van der Waals surface area contributed by atoms with E-state index in [4.69, 9.17) is 0 Å². The summed E-state index contributed by atoms with van der Waals surface area (Å²) in [6.07, 6.45) is 8.42. The monoisotopic (exact) mass is 316 g/mol. The first-order valence-electron chi connectivity index (χ1n) is 9.01. The van der Waals surface area contributed by atoms with E-state index in [1.807, 2.05) is 6.20 Å². The van der Waals surface area contributed by atoms with Crippen molar-refractivity contribution >= 4 is 16.6 Å². The summed E-state index contributed by atoms with van der Waals surface area (Å²) in [6, 6.07) is 21.6. The second-order valence-electron chi connectivity index (χ2n) is 6.94. The van der Waals surface area contributed by atoms with Gasteiger partial charge in [-0.15, -0.1) is 0 Å². The highest BCUT2D eigenvalue weighted by Gasteiger charge is 2.33. The zero-order valence-corrected chi connectivity index (χ0v) is 14.0. The molecule has 2 nitrogen and oxygen atoms in total. The van der Waals surface area contributed by atoms with Crippen molar-refractivity contribution in [2.45, 2.75) is 37.5 Å². The quantitative estimate of drug-likeness (QED) is 0.682. The number of anilines is 1. The highest BCUT2D eigenvalue weighted by Crippen LogP contribution is 2.39. The first-order valence-corrected chi connectivity index (χ1v) is 9.01. The van der Waals surface area contributed by atoms with Crippen LogP contribution < -0.4 is 5.32 Å². The molecule has 1 N–H and O–H groups in total. The molecule has 1 heterocycles. The molecule has 2 heteroatoms. The van der Waals surface area contributed by atoms with Gasteiger partial charge in [0.1, 0.15) is 5.82 Å². The Morgan fingerprint density at radius 3 is 2.42 bits per heavy atom. The summed E-state index contributed by atoms with van der Waals surface area (Å²) < 4.78 is 0. The molecule has 3 aromatic rings. The van der Waals surface area contributed by atoms with Crippen molar-refractivity contribution in [3.8, 4) is 0 Å². The minimum absolute atomic E-state index is 0.234. The van der Waals surface area contributed by atoms with Crippen LogP contribution in [0.3, 0.4) is 0 Å². The predicted octanol–water partition coefficient (Wildman–Crippen LogP) is 5.55. The summed E-state index contributed by atoms with van der Waals surface area (Å²) in [6.45, 7) is 0.956. The number of pyridine rings is 1. The smallest absolute Gasteiger partial charge is 0.133 e. The summed E-state index contributed by atoms with van der Waals surface area (Å²) in [5, 5.41) is 6.14. The first kappa shape index (κ1) is 15.2. The third-order valence-corrected chi connectivity index (χ3v) is 5.46. The van der Waals surface area contributed by atoms with E-state index >= 15 is 0 Å². The van der Waals surface area contributed by atoms with Gasteiger partial charge in [-0.25, -0.2) is 4.98 Å². The standard InChI is InChI=1S/C22H24N2/c1-3-10-19(11-4-1)22(14-7-2-8-15-22)17-24-21-20-12-6-5-9-18(20)13-16-23-21/h1,3-6,9-13,16H,2,7-8,14-15,17H2,(H,23,24). The van der Waals surface area contributed by atoms with E-state index in [9.17, 15) is 0 Å². The van der Waals surface area contributed by atoms with Gasteiger partial charge >= 0.3 is 0 Å². The van der Waals surface area contributed by atoms with Crippen LogP contribution in [0.2, 0.25) is 0 Å². The number of hydrogen-bond donors (Lipinski definition) is 1. The molecule has 1 aliphatic carbocycles. The molecule has 24 heavy (non-hydrogen) atoms. The van der Waals surface area contributed by atoms with Gasteiger partial charge in [0.05, 0.1) is 0 Å². The summed E-state index contributed by atoms with van der Waals surface area (Å²) in [4.78, 5) is 4.60. The largest absolute Gasteiger partial charge is 0.369 e. The van der Waals surface area contributed by atoms with Crippen molar-refractivity contribution in [1.82, 2.24) is 4.98 Å². The number of benzene rings is 2. The van der Waals surface area contributed by atoms with E-state index in [1.54, 1.807) is 0 Å². The number of hydrogen-bond acceptors (Lipinski definition) is 2. The molecule has 4 rings (SSSR count). The molecule has 0 amide bonds. The van der Waals surface area contributed by atoms with Crippen molar-refractivity contribution in [2.75, 3.05) is 11.9 Å². The lowest BCUT2D eigenvalue weighted by atomic mass is 9.69. The summed E-state index contributed by atoms with van der Waals surface area (Å²) >= 11 is 0. The van der Waals surface area contributed by atoms with Crippen molar-refractivity contribution in [3.63, 3.8) is 0 Å². The van der Waals surface area contributed by atoms with Crippen molar-refractivity contribution < 1.29 is 0 Å². The van der Waals surface area contributed by atoms with Gasteiger partial charge in [0.25, 0.3) is 0 Å². The molecule has 0 spiro atoms. The van der Waals surface area contributed by atoms with Gasteiger partial charge in [-0.3, -0.25) is 0 Å². The van der Waals surface area contributed by atoms with Gasteiger partial charge in [-0.05, 0) is 29.9 Å². The Hall–Kier alpha value is -2.35. The second kappa shape index (κ2) is 6.64. The molecule has 1 aromatic heterocycles. The molecular formula is C22H24N2. The lowest BCUT2D eigenvalue weighted by Gasteiger charge is -2.38. The third kappa shape index (κ3) is 2.89. The van der Waals surface area contributed by atoms with E-state index < -0.39 is 0 Å². The van der Waals surface area contributed by atoms with Crippen LogP contribution in [0.1, 0.15) is 37.7 Å². The van der Waals surface area contributed by atoms with Crippen LogP contribution in [-0.2, 0) is 5.41 Å². The lowest BCUT2D eigenvalue weighted by molar-refractivity contribution is 0.308. The van der Waals surface area contributed by atoms with Crippen molar-refractivity contribution in [2.24, 2.45) is 0 Å². The van der Waals surface area contributed by atoms with Crippen LogP contribution in [0.5, 0.6) is 0 Å². The minimum atomic E-state index is 0.234. The fourth-order valence-electron chi connectivity index (χ4n) is 4.10. The van der Waals surface area contributed by atoms with Crippen LogP contribution in [0.25, 0.3) is 10.8 Å². The van der Waals surface area contributed by atoms with Crippen molar-refractivity contribution in [1.29, 1.82) is 0 Å². The Bertz CT molecular complexity index is 799. The van der Waals surface area contributed by atoms with Gasteiger partial charge < -0.3 is 5.32 Å². The van der Waals surface area contributed by atoms with E-state index in [2.05, 4.69) is 71.0 Å². The SMILES string of the molecule is c1ccc(C2(CNc3nccc4ccccc34)CCCCC2)cc1. The Balaban J connectivity index is 1.64. The van der Waals surface area contributed by atoms with Crippen LogP contribution >= 0.6 is 0 Å². The number of nitrogens with one attached hydrogen (secondary N) is 1. The summed E-state index contributed by atoms with van der Waals surface area (Å²) in [5.41, 5.74) is 1.70. The highest BCUT2D eigenvalue weighted by atomic mass is 15.0. The van der Waals surface area contributed by atoms with Crippen LogP contribution in [0, 0.1) is 0 Å². The number of nitrogens with zero attached hydrogens (tertiary/aromatic N) is 1. The number of fused-ring (bicyclic) bond motifs is 1. The highest BCUT2D eigenvalue weighted by molar-refractivity contribution is 5.91. The van der Waals surface area contributed by atoms with E-state index in [1.165, 1.54) is 48.4 Å². The van der Waals surface area contributed by atoms with E-state index in [0.29, 0.717) is 0 Å². The first-order chi connectivity index (χ1) is 11.9. The van der Waals surface area contributed by atoms with Gasteiger partial charge in [0.2, 0.25) is 0 Å². The Morgan fingerprint density at radius 2 is 1.58 bits per heavy atom. The van der Waals surface area contributed by atoms with Crippen molar-refractivity contribution in [3.05, 3.63) is 72.4 Å². The topological polar surface area (TPSA) is 24.9 Å². The molecule has 2 aromatic carbocycles. The molecule has 1 aliphatic rings. The molecule has 122 valence electrons. The van der Waals surface area contributed by atoms with Crippen LogP contribution in [0.15, 0.2) is 66.9 Å². The Labute approximate surface area is 143 Å². The summed E-state index contributed by atoms with van der Waals surface area (Å²) in [7, 11) is 0. The van der Waals surface area contributed by atoms with Gasteiger partial charge in [0.15, 0.2) is 0 Å². The maximum atomic E-state index is 4.60. The van der Waals surface area contributed by atoms with Gasteiger partial charge in [-0.2, -0.15) is 0 Å². The normalized spacial score (nSPS) is 16.8. The molecule has 0 bridgehead atoms. The fourth-order valence-corrected chi connectivity index (χ4v) is 4.10. The summed E-state index contributed by atoms with van der Waals surface area (Å²) in [5.74, 6) is 1.01. The van der Waals surface area contributed by atoms with E-state index in [0.717, 1.165) is 12.4 Å². The maximum Gasteiger partial charge on any atom is 0.133 e. The van der Waals surface area contributed by atoms with Gasteiger partial charge in [-0.1, -0.05) is 73.9 Å². The molecule has 0 aliphatic heterocycles. The second-order valence-corrected chi connectivity index (χ2v) is 6.94. The van der Waals surface area contributed by atoms with Gasteiger partial charge in [0, 0.05) is 23.5 Å². The molecule has 0 radical (unpaired) electrons. The molecule has 1 saturated carbocycles. The van der Waals surface area contributed by atoms with Crippen LogP contribution in [0.4, 0.5) is 5.82 Å². The molecular weight excluding hydrogens is 292 g/mol. The average Bonchev–Trinajstić information content (AvgIpc) is 2.68. The van der Waals surface area contributed by atoms with E-state index in [-0.39, 0.29) is 5.41 Å². The Kier molecular flexibility index (Phi) is 4.20.